The van der Waals surface area contributed by atoms with Crippen molar-refractivity contribution < 1.29 is 0 Å². The average molecular weight is 492 g/mol. The Balaban J connectivity index is 1.45. The van der Waals surface area contributed by atoms with Crippen LogP contribution in [0.3, 0.4) is 0 Å². The number of hydrogen-bond donors (Lipinski definition) is 0. The lowest BCUT2D eigenvalue weighted by Crippen LogP contribution is -2.00. The van der Waals surface area contributed by atoms with E-state index in [1.54, 1.807) is 0 Å². The average Bonchev–Trinajstić information content (AvgIpc) is 2.97. The third-order valence-corrected chi connectivity index (χ3v) is 6.28. The van der Waals surface area contributed by atoms with Crippen molar-refractivity contribution in [3.63, 3.8) is 0 Å². The largest absolute Gasteiger partial charge is 0.233 e. The van der Waals surface area contributed by atoms with Crippen molar-refractivity contribution in [2.75, 3.05) is 0 Å². The fourth-order valence-corrected chi connectivity index (χ4v) is 4.45. The fourth-order valence-electron chi connectivity index (χ4n) is 4.45. The summed E-state index contributed by atoms with van der Waals surface area (Å²) >= 11 is 0. The minimum atomic E-state index is 0.604. The Kier molecular flexibility index (Phi) is 6.24. The summed E-state index contributed by atoms with van der Waals surface area (Å²) in [6.07, 6.45) is 0. The van der Waals surface area contributed by atoms with E-state index in [-0.39, 0.29) is 0 Å². The zero-order chi connectivity index (χ0) is 25.9. The SMILES string of the molecule is Cc1cc(C)nc(-c2cccc(-c3nc(-c4ccccc4)nc(-c4ccc(-c5ccccc5)cc4)n3)c2)n1. The van der Waals surface area contributed by atoms with Crippen molar-refractivity contribution in [3.8, 4) is 56.7 Å². The minimum absolute atomic E-state index is 0.604. The van der Waals surface area contributed by atoms with Gasteiger partial charge in [-0.05, 0) is 37.1 Å². The molecular weight excluding hydrogens is 466 g/mol. The first-order chi connectivity index (χ1) is 18.6. The van der Waals surface area contributed by atoms with E-state index in [1.807, 2.05) is 92.7 Å². The highest BCUT2D eigenvalue weighted by Crippen LogP contribution is 2.28. The van der Waals surface area contributed by atoms with E-state index < -0.39 is 0 Å². The first-order valence-electron chi connectivity index (χ1n) is 12.5. The number of aromatic nitrogens is 5. The van der Waals surface area contributed by atoms with E-state index in [1.165, 1.54) is 5.56 Å². The lowest BCUT2D eigenvalue weighted by molar-refractivity contribution is 1.06. The first kappa shape index (κ1) is 23.4. The van der Waals surface area contributed by atoms with E-state index in [4.69, 9.17) is 15.0 Å². The Morgan fingerprint density at radius 1 is 0.316 bits per heavy atom. The van der Waals surface area contributed by atoms with E-state index in [2.05, 4.69) is 46.4 Å². The molecule has 0 fully saturated rings. The molecule has 6 rings (SSSR count). The van der Waals surface area contributed by atoms with Crippen LogP contribution in [0.4, 0.5) is 0 Å². The molecule has 2 aromatic heterocycles. The summed E-state index contributed by atoms with van der Waals surface area (Å²) in [5.41, 5.74) is 7.86. The summed E-state index contributed by atoms with van der Waals surface area (Å²) in [6.45, 7) is 3.96. The van der Waals surface area contributed by atoms with Gasteiger partial charge in [-0.3, -0.25) is 0 Å². The van der Waals surface area contributed by atoms with Crippen molar-refractivity contribution in [2.45, 2.75) is 13.8 Å². The van der Waals surface area contributed by atoms with Gasteiger partial charge < -0.3 is 0 Å². The van der Waals surface area contributed by atoms with Gasteiger partial charge in [0.25, 0.3) is 0 Å². The van der Waals surface area contributed by atoms with Crippen LogP contribution in [0, 0.1) is 13.8 Å². The molecule has 0 atom stereocenters. The van der Waals surface area contributed by atoms with Crippen LogP contribution < -0.4 is 0 Å². The summed E-state index contributed by atoms with van der Waals surface area (Å²) in [7, 11) is 0. The normalized spacial score (nSPS) is 10.9. The molecule has 0 aliphatic heterocycles. The number of hydrogen-bond acceptors (Lipinski definition) is 5. The first-order valence-corrected chi connectivity index (χ1v) is 12.5. The number of benzene rings is 4. The van der Waals surface area contributed by atoms with Crippen LogP contribution in [-0.2, 0) is 0 Å². The molecule has 0 amide bonds. The molecule has 0 unspecified atom stereocenters. The minimum Gasteiger partial charge on any atom is -0.233 e. The summed E-state index contributed by atoms with van der Waals surface area (Å²) in [4.78, 5) is 23.9. The second-order valence-corrected chi connectivity index (χ2v) is 9.17. The number of rotatable bonds is 5. The van der Waals surface area contributed by atoms with Crippen LogP contribution >= 0.6 is 0 Å². The Morgan fingerprint density at radius 2 is 0.684 bits per heavy atom. The standard InChI is InChI=1S/C33H25N5/c1-22-20-23(2)35-32(34-22)28-14-9-15-29(21-28)33-37-30(26-12-7-4-8-13-26)36-31(38-33)27-18-16-25(17-19-27)24-10-5-3-6-11-24/h3-21H,1-2H3. The molecule has 38 heavy (non-hydrogen) atoms. The van der Waals surface area contributed by atoms with Crippen LogP contribution in [0.1, 0.15) is 11.4 Å². The van der Waals surface area contributed by atoms with Crippen molar-refractivity contribution >= 4 is 0 Å². The molecule has 0 radical (unpaired) electrons. The monoisotopic (exact) mass is 491 g/mol. The van der Waals surface area contributed by atoms with Crippen LogP contribution in [0.15, 0.2) is 115 Å². The number of aryl methyl sites for hydroxylation is 2. The van der Waals surface area contributed by atoms with Gasteiger partial charge in [-0.15, -0.1) is 0 Å². The molecule has 0 aliphatic carbocycles. The van der Waals surface area contributed by atoms with Gasteiger partial charge in [0.2, 0.25) is 0 Å². The third-order valence-electron chi connectivity index (χ3n) is 6.28. The zero-order valence-electron chi connectivity index (χ0n) is 21.2. The summed E-state index contributed by atoms with van der Waals surface area (Å²) in [6, 6.07) is 38.7. The highest BCUT2D eigenvalue weighted by atomic mass is 15.0. The van der Waals surface area contributed by atoms with Crippen molar-refractivity contribution in [1.29, 1.82) is 0 Å². The van der Waals surface area contributed by atoms with E-state index in [9.17, 15) is 0 Å². The molecule has 0 saturated heterocycles. The maximum absolute atomic E-state index is 4.91. The van der Waals surface area contributed by atoms with Crippen LogP contribution in [0.5, 0.6) is 0 Å². The van der Waals surface area contributed by atoms with Gasteiger partial charge in [-0.1, -0.05) is 103 Å². The van der Waals surface area contributed by atoms with Crippen molar-refractivity contribution in [3.05, 3.63) is 127 Å². The molecule has 0 aliphatic rings. The zero-order valence-corrected chi connectivity index (χ0v) is 21.2. The summed E-state index contributed by atoms with van der Waals surface area (Å²) in [5, 5.41) is 0. The number of nitrogens with zero attached hydrogens (tertiary/aromatic N) is 5. The molecule has 0 spiro atoms. The smallest absolute Gasteiger partial charge is 0.164 e. The van der Waals surface area contributed by atoms with Gasteiger partial charge in [0.05, 0.1) is 0 Å². The van der Waals surface area contributed by atoms with Gasteiger partial charge >= 0.3 is 0 Å². The van der Waals surface area contributed by atoms with Gasteiger partial charge in [0, 0.05) is 33.6 Å². The van der Waals surface area contributed by atoms with Gasteiger partial charge in [-0.25, -0.2) is 24.9 Å². The van der Waals surface area contributed by atoms with Gasteiger partial charge in [-0.2, -0.15) is 0 Å². The predicted octanol–water partition coefficient (Wildman–Crippen LogP) is 7.61. The summed E-state index contributed by atoms with van der Waals surface area (Å²) in [5.74, 6) is 2.55. The second-order valence-electron chi connectivity index (χ2n) is 9.17. The Morgan fingerprint density at radius 3 is 1.24 bits per heavy atom. The summed E-state index contributed by atoms with van der Waals surface area (Å²) < 4.78 is 0. The van der Waals surface area contributed by atoms with E-state index >= 15 is 0 Å². The molecule has 5 nitrogen and oxygen atoms in total. The highest BCUT2D eigenvalue weighted by molar-refractivity contribution is 5.72. The third kappa shape index (κ3) is 4.95. The molecule has 6 aromatic rings. The van der Waals surface area contributed by atoms with E-state index in [0.717, 1.165) is 39.2 Å². The van der Waals surface area contributed by atoms with Crippen molar-refractivity contribution in [1.82, 2.24) is 24.9 Å². The quantitative estimate of drug-likeness (QED) is 0.248. The van der Waals surface area contributed by atoms with Gasteiger partial charge in [0.1, 0.15) is 0 Å². The lowest BCUT2D eigenvalue weighted by Gasteiger charge is -2.10. The molecule has 0 N–H and O–H groups in total. The van der Waals surface area contributed by atoms with Crippen LogP contribution in [0.25, 0.3) is 56.7 Å². The fraction of sp³-hybridized carbons (Fsp3) is 0.0606. The maximum Gasteiger partial charge on any atom is 0.164 e. The van der Waals surface area contributed by atoms with Crippen LogP contribution in [0.2, 0.25) is 0 Å². The van der Waals surface area contributed by atoms with E-state index in [0.29, 0.717) is 23.3 Å². The topological polar surface area (TPSA) is 64.5 Å². The molecular formula is C33H25N5. The predicted molar refractivity (Wildman–Crippen MR) is 152 cm³/mol. The Hall–Kier alpha value is -5.03. The Labute approximate surface area is 222 Å². The lowest BCUT2D eigenvalue weighted by atomic mass is 10.0. The van der Waals surface area contributed by atoms with Crippen LogP contribution in [-0.4, -0.2) is 24.9 Å². The molecule has 0 saturated carbocycles. The second kappa shape index (κ2) is 10.1. The van der Waals surface area contributed by atoms with Gasteiger partial charge in [0.15, 0.2) is 23.3 Å². The molecule has 2 heterocycles. The van der Waals surface area contributed by atoms with Crippen molar-refractivity contribution in [2.24, 2.45) is 0 Å². The molecule has 5 heteroatoms. The molecule has 0 bridgehead atoms. The maximum atomic E-state index is 4.91. The molecule has 4 aromatic carbocycles. The Bertz CT molecular complexity index is 1690. The molecule has 182 valence electrons. The highest BCUT2D eigenvalue weighted by Gasteiger charge is 2.14.